The van der Waals surface area contributed by atoms with Crippen molar-refractivity contribution in [2.45, 2.75) is 26.3 Å². The molecule has 0 saturated carbocycles. The minimum atomic E-state index is -0.640. The summed E-state index contributed by atoms with van der Waals surface area (Å²) in [4.78, 5) is 28.8. The predicted octanol–water partition coefficient (Wildman–Crippen LogP) is 6.30. The third-order valence-electron chi connectivity index (χ3n) is 8.18. The van der Waals surface area contributed by atoms with Crippen LogP contribution in [0.5, 0.6) is 17.4 Å². The number of ether oxygens (including phenoxy) is 3. The van der Waals surface area contributed by atoms with E-state index < -0.39 is 6.09 Å². The largest absolute Gasteiger partial charge is 0.497 e. The lowest BCUT2D eigenvalue weighted by Gasteiger charge is -2.22. The topological polar surface area (TPSA) is 92.3 Å². The highest BCUT2D eigenvalue weighted by Gasteiger charge is 2.24. The van der Waals surface area contributed by atoms with Gasteiger partial charge in [0, 0.05) is 55.2 Å². The molecule has 0 aliphatic carbocycles. The number of anilines is 4. The summed E-state index contributed by atoms with van der Waals surface area (Å²) in [5, 5.41) is 3.31. The summed E-state index contributed by atoms with van der Waals surface area (Å²) in [5.41, 5.74) is 6.27. The summed E-state index contributed by atoms with van der Waals surface area (Å²) in [6, 6.07) is 21.7. The van der Waals surface area contributed by atoms with Crippen LogP contribution in [0.25, 0.3) is 11.3 Å². The molecular weight excluding hydrogens is 556 g/mol. The van der Waals surface area contributed by atoms with Crippen LogP contribution in [-0.2, 0) is 0 Å². The van der Waals surface area contributed by atoms with Gasteiger partial charge in [-0.15, -0.1) is 0 Å². The Bertz CT molecular complexity index is 1630. The third kappa shape index (κ3) is 6.70. The van der Waals surface area contributed by atoms with E-state index >= 15 is 0 Å². The lowest BCUT2D eigenvalue weighted by atomic mass is 10.0. The molecule has 3 aromatic carbocycles. The number of carbonyl (C=O) groups excluding carboxylic acids is 1. The van der Waals surface area contributed by atoms with Crippen molar-refractivity contribution < 1.29 is 19.0 Å². The van der Waals surface area contributed by atoms with Crippen LogP contribution in [0.1, 0.15) is 17.5 Å². The number of hydrogen-bond donors (Lipinski definition) is 1. The van der Waals surface area contributed by atoms with E-state index in [1.54, 1.807) is 45.5 Å². The maximum Gasteiger partial charge on any atom is 0.420 e. The molecule has 4 aromatic rings. The van der Waals surface area contributed by atoms with Gasteiger partial charge in [-0.05, 0) is 81.9 Å². The van der Waals surface area contributed by atoms with Crippen LogP contribution in [0, 0.1) is 13.8 Å². The minimum Gasteiger partial charge on any atom is -0.497 e. The van der Waals surface area contributed by atoms with E-state index in [0.29, 0.717) is 34.9 Å². The summed E-state index contributed by atoms with van der Waals surface area (Å²) in [6.07, 6.45) is 0.506. The summed E-state index contributed by atoms with van der Waals surface area (Å²) in [5.74, 6) is 1.51. The van der Waals surface area contributed by atoms with Gasteiger partial charge in [0.1, 0.15) is 11.5 Å². The number of carbonyl (C=O) groups is 1. The van der Waals surface area contributed by atoms with Crippen molar-refractivity contribution >= 4 is 29.1 Å². The number of amides is 1. The lowest BCUT2D eigenvalue weighted by molar-refractivity contribution is 0.207. The van der Waals surface area contributed by atoms with Gasteiger partial charge in [-0.1, -0.05) is 18.2 Å². The molecule has 10 heteroatoms. The molecule has 1 saturated heterocycles. The van der Waals surface area contributed by atoms with Gasteiger partial charge in [0.15, 0.2) is 0 Å². The predicted molar refractivity (Wildman–Crippen MR) is 175 cm³/mol. The quantitative estimate of drug-likeness (QED) is 0.239. The van der Waals surface area contributed by atoms with Crippen molar-refractivity contribution in [2.75, 3.05) is 63.6 Å². The second-order valence-corrected chi connectivity index (χ2v) is 11.2. The van der Waals surface area contributed by atoms with E-state index in [-0.39, 0.29) is 5.88 Å². The first-order chi connectivity index (χ1) is 21.2. The first-order valence-corrected chi connectivity index (χ1v) is 14.6. The molecule has 2 heterocycles. The number of nitrogens with zero attached hydrogens (tertiary/aromatic N) is 5. The number of aromatic nitrogens is 2. The molecule has 0 bridgehead atoms. The van der Waals surface area contributed by atoms with Crippen LogP contribution in [0.2, 0.25) is 0 Å². The Labute approximate surface area is 259 Å². The summed E-state index contributed by atoms with van der Waals surface area (Å²) >= 11 is 0. The Balaban J connectivity index is 1.42. The van der Waals surface area contributed by atoms with Crippen LogP contribution in [0.4, 0.5) is 27.8 Å². The van der Waals surface area contributed by atoms with Crippen LogP contribution < -0.4 is 29.3 Å². The van der Waals surface area contributed by atoms with Crippen molar-refractivity contribution in [3.63, 3.8) is 0 Å². The van der Waals surface area contributed by atoms with Crippen molar-refractivity contribution in [2.24, 2.45) is 0 Å². The summed E-state index contributed by atoms with van der Waals surface area (Å²) in [6.45, 7) is 6.14. The number of likely N-dealkylation sites (N-methyl/N-ethyl adjacent to an activating group) is 1. The summed E-state index contributed by atoms with van der Waals surface area (Å²) < 4.78 is 16.6. The molecule has 1 amide bonds. The van der Waals surface area contributed by atoms with Gasteiger partial charge in [-0.2, -0.15) is 4.98 Å². The Morgan fingerprint density at radius 2 is 1.73 bits per heavy atom. The van der Waals surface area contributed by atoms with E-state index in [1.807, 2.05) is 31.2 Å². The molecule has 0 radical (unpaired) electrons. The Hall–Kier alpha value is -4.83. The minimum absolute atomic E-state index is 0.112. The zero-order valence-corrected chi connectivity index (χ0v) is 26.4. The molecule has 1 atom stereocenters. The second kappa shape index (κ2) is 13.2. The van der Waals surface area contributed by atoms with E-state index in [4.69, 9.17) is 19.2 Å². The molecule has 1 aliphatic heterocycles. The number of hydrogen-bond acceptors (Lipinski definition) is 9. The molecule has 0 unspecified atom stereocenters. The fourth-order valence-electron chi connectivity index (χ4n) is 5.30. The fourth-order valence-corrected chi connectivity index (χ4v) is 5.30. The van der Waals surface area contributed by atoms with E-state index in [1.165, 1.54) is 10.6 Å². The monoisotopic (exact) mass is 596 g/mol. The van der Waals surface area contributed by atoms with Crippen LogP contribution in [0.15, 0.2) is 66.7 Å². The average Bonchev–Trinajstić information content (AvgIpc) is 3.53. The first kappa shape index (κ1) is 30.6. The first-order valence-electron chi connectivity index (χ1n) is 14.6. The highest BCUT2D eigenvalue weighted by molar-refractivity contribution is 5.90. The molecule has 44 heavy (non-hydrogen) atoms. The number of aryl methyl sites for hydroxylation is 1. The van der Waals surface area contributed by atoms with Gasteiger partial charge in [0.25, 0.3) is 0 Å². The normalized spacial score (nSPS) is 14.5. The molecule has 1 aliphatic rings. The SMILES string of the molecule is COc1ccc(OC)c(N(C)C(=O)Oc2cc(-c3cccc(C)c3C)nc(Nc3ccc(N4CC[C@@H](N(C)C)C4)cc3)n2)c1. The molecule has 1 aromatic heterocycles. The number of rotatable bonds is 9. The van der Waals surface area contributed by atoms with Crippen molar-refractivity contribution in [1.82, 2.24) is 14.9 Å². The second-order valence-electron chi connectivity index (χ2n) is 11.2. The zero-order valence-electron chi connectivity index (χ0n) is 26.4. The molecule has 1 N–H and O–H groups in total. The van der Waals surface area contributed by atoms with Crippen LogP contribution in [0.3, 0.4) is 0 Å². The molecule has 0 spiro atoms. The van der Waals surface area contributed by atoms with Crippen LogP contribution >= 0.6 is 0 Å². The Kier molecular flexibility index (Phi) is 9.20. The van der Waals surface area contributed by atoms with Gasteiger partial charge in [-0.25, -0.2) is 9.78 Å². The highest BCUT2D eigenvalue weighted by atomic mass is 16.6. The van der Waals surface area contributed by atoms with Gasteiger partial charge in [0.05, 0.1) is 25.6 Å². The highest BCUT2D eigenvalue weighted by Crippen LogP contribution is 2.33. The van der Waals surface area contributed by atoms with E-state index in [9.17, 15) is 4.79 Å². The zero-order chi connectivity index (χ0) is 31.4. The van der Waals surface area contributed by atoms with Gasteiger partial charge >= 0.3 is 6.09 Å². The van der Waals surface area contributed by atoms with Gasteiger partial charge < -0.3 is 29.3 Å². The molecule has 230 valence electrons. The fraction of sp³-hybridized carbons (Fsp3) is 0.324. The van der Waals surface area contributed by atoms with Crippen LogP contribution in [-0.4, -0.2) is 75.5 Å². The number of nitrogens with one attached hydrogen (secondary N) is 1. The maximum atomic E-state index is 13.4. The average molecular weight is 597 g/mol. The third-order valence-corrected chi connectivity index (χ3v) is 8.18. The maximum absolute atomic E-state index is 13.4. The lowest BCUT2D eigenvalue weighted by Crippen LogP contribution is -2.31. The molecule has 10 nitrogen and oxygen atoms in total. The number of methoxy groups -OCH3 is 2. The molecule has 5 rings (SSSR count). The smallest absolute Gasteiger partial charge is 0.420 e. The van der Waals surface area contributed by atoms with Gasteiger partial charge in [-0.3, -0.25) is 4.90 Å². The van der Waals surface area contributed by atoms with E-state index in [2.05, 4.69) is 59.3 Å². The van der Waals surface area contributed by atoms with E-state index in [0.717, 1.165) is 41.9 Å². The van der Waals surface area contributed by atoms with Crippen molar-refractivity contribution in [3.05, 3.63) is 77.9 Å². The Morgan fingerprint density at radius 3 is 2.41 bits per heavy atom. The number of benzene rings is 3. The van der Waals surface area contributed by atoms with Crippen molar-refractivity contribution in [3.8, 4) is 28.6 Å². The Morgan fingerprint density at radius 1 is 0.955 bits per heavy atom. The van der Waals surface area contributed by atoms with Gasteiger partial charge in [0.2, 0.25) is 11.8 Å². The summed E-state index contributed by atoms with van der Waals surface area (Å²) in [7, 11) is 8.98. The standard InChI is InChI=1S/C34H40N6O4/c1-22-9-8-10-28(23(22)2)29-20-32(44-34(41)39(5)30-19-27(42-6)15-16-31(30)43-7)37-33(36-29)35-24-11-13-25(14-12-24)40-18-17-26(21-40)38(3)4/h8-16,19-20,26H,17-18,21H2,1-7H3,(H,35,36,37)/t26-/m1/s1. The van der Waals surface area contributed by atoms with Crippen molar-refractivity contribution in [1.29, 1.82) is 0 Å². The molecule has 1 fully saturated rings. The molecular formula is C34H40N6O4.